The maximum Gasteiger partial charge on any atom is 0.265 e. The van der Waals surface area contributed by atoms with Gasteiger partial charge in [0.25, 0.3) is 15.9 Å². The van der Waals surface area contributed by atoms with E-state index in [4.69, 9.17) is 23.7 Å². The number of para-hydroxylation sites is 1. The summed E-state index contributed by atoms with van der Waals surface area (Å²) in [5, 5.41) is 5.54. The number of ether oxygens (including phenoxy) is 5. The Morgan fingerprint density at radius 3 is 2.30 bits per heavy atom. The van der Waals surface area contributed by atoms with E-state index in [2.05, 4.69) is 10.6 Å². The molecule has 12 nitrogen and oxygen atoms in total. The van der Waals surface area contributed by atoms with Gasteiger partial charge >= 0.3 is 0 Å². The van der Waals surface area contributed by atoms with E-state index in [0.29, 0.717) is 24.7 Å². The van der Waals surface area contributed by atoms with Gasteiger partial charge in [-0.15, -0.1) is 0 Å². The van der Waals surface area contributed by atoms with E-state index in [1.807, 2.05) is 0 Å². The van der Waals surface area contributed by atoms with Gasteiger partial charge in [-0.1, -0.05) is 12.1 Å². The molecule has 2 amide bonds. The molecule has 0 bridgehead atoms. The average Bonchev–Trinajstić information content (AvgIpc) is 3.55. The molecule has 4 rings (SSSR count). The fourth-order valence-electron chi connectivity index (χ4n) is 4.61. The third-order valence-electron chi connectivity index (χ3n) is 6.84. The summed E-state index contributed by atoms with van der Waals surface area (Å²) in [6, 6.07) is 15.2. The van der Waals surface area contributed by atoms with Crippen LogP contribution >= 0.6 is 0 Å². The first-order chi connectivity index (χ1) is 20.7. The Labute approximate surface area is 250 Å². The normalized spacial score (nSPS) is 14.5. The lowest BCUT2D eigenvalue weighted by molar-refractivity contribution is -0.114. The highest BCUT2D eigenvalue weighted by Crippen LogP contribution is 2.37. The van der Waals surface area contributed by atoms with Crippen molar-refractivity contribution in [3.63, 3.8) is 0 Å². The lowest BCUT2D eigenvalue weighted by Crippen LogP contribution is -2.39. The van der Waals surface area contributed by atoms with Gasteiger partial charge in [0.15, 0.2) is 11.5 Å². The summed E-state index contributed by atoms with van der Waals surface area (Å²) in [4.78, 5) is 26.3. The standard InChI is InChI=1S/C30H35N3O9S/c1-38-20-11-13-26(39-2)25(16-20)33(43(36,37)22-12-14-27(40-3)28(17-22)41-4)19-29(34)32-24-10-6-5-9-23(24)30(35)31-18-21-8-7-15-42-21/h5-6,9-14,16-17,21H,7-8,15,18-19H2,1-4H3,(H,31,35)(H,32,34)/t21-/m1/s1. The van der Waals surface area contributed by atoms with Crippen molar-refractivity contribution in [3.05, 3.63) is 66.2 Å². The number of nitrogens with one attached hydrogen (secondary N) is 2. The van der Waals surface area contributed by atoms with Gasteiger partial charge in [-0.3, -0.25) is 13.9 Å². The molecule has 13 heteroatoms. The van der Waals surface area contributed by atoms with Crippen molar-refractivity contribution in [2.75, 3.05) is 57.8 Å². The Kier molecular flexibility index (Phi) is 10.3. The summed E-state index contributed by atoms with van der Waals surface area (Å²) in [7, 11) is 1.25. The molecule has 3 aromatic rings. The molecule has 0 radical (unpaired) electrons. The Balaban J connectivity index is 1.67. The van der Waals surface area contributed by atoms with Crippen LogP contribution in [-0.4, -0.2) is 74.5 Å². The van der Waals surface area contributed by atoms with Gasteiger partial charge in [-0.05, 0) is 49.2 Å². The highest BCUT2D eigenvalue weighted by atomic mass is 32.2. The fraction of sp³-hybridized carbons (Fsp3) is 0.333. The van der Waals surface area contributed by atoms with Crippen LogP contribution in [-0.2, 0) is 19.6 Å². The van der Waals surface area contributed by atoms with Crippen LogP contribution in [0.3, 0.4) is 0 Å². The second-order valence-corrected chi connectivity index (χ2v) is 11.4. The third-order valence-corrected chi connectivity index (χ3v) is 8.60. The van der Waals surface area contributed by atoms with Gasteiger partial charge in [0, 0.05) is 25.3 Å². The highest BCUT2D eigenvalue weighted by Gasteiger charge is 2.31. The van der Waals surface area contributed by atoms with Crippen LogP contribution in [0, 0.1) is 0 Å². The first-order valence-corrected chi connectivity index (χ1v) is 14.9. The maximum absolute atomic E-state index is 14.1. The number of carbonyl (C=O) groups is 2. The number of nitrogens with zero attached hydrogens (tertiary/aromatic N) is 1. The van der Waals surface area contributed by atoms with Gasteiger partial charge in [-0.25, -0.2) is 8.42 Å². The number of sulfonamides is 1. The van der Waals surface area contributed by atoms with Crippen molar-refractivity contribution in [1.82, 2.24) is 5.32 Å². The maximum atomic E-state index is 14.1. The first kappa shape index (κ1) is 31.4. The number of methoxy groups -OCH3 is 4. The molecule has 1 saturated heterocycles. The number of hydrogen-bond acceptors (Lipinski definition) is 9. The van der Waals surface area contributed by atoms with Gasteiger partial charge in [0.05, 0.1) is 56.4 Å². The number of hydrogen-bond donors (Lipinski definition) is 2. The third kappa shape index (κ3) is 7.30. The zero-order valence-electron chi connectivity index (χ0n) is 24.4. The molecular formula is C30H35N3O9S. The number of benzene rings is 3. The summed E-state index contributed by atoms with van der Waals surface area (Å²) in [6.45, 7) is 0.341. The van der Waals surface area contributed by atoms with Crippen LogP contribution in [0.4, 0.5) is 11.4 Å². The van der Waals surface area contributed by atoms with Crippen molar-refractivity contribution >= 4 is 33.2 Å². The number of rotatable bonds is 13. The number of anilines is 2. The molecule has 0 unspecified atom stereocenters. The van der Waals surface area contributed by atoms with Crippen molar-refractivity contribution in [2.45, 2.75) is 23.8 Å². The van der Waals surface area contributed by atoms with E-state index < -0.39 is 28.4 Å². The quantitative estimate of drug-likeness (QED) is 0.296. The number of amides is 2. The van der Waals surface area contributed by atoms with E-state index in [0.717, 1.165) is 17.1 Å². The average molecular weight is 614 g/mol. The largest absolute Gasteiger partial charge is 0.497 e. The predicted octanol–water partition coefficient (Wildman–Crippen LogP) is 3.46. The molecule has 0 aromatic heterocycles. The van der Waals surface area contributed by atoms with Gasteiger partial charge in [-0.2, -0.15) is 0 Å². The summed E-state index contributed by atoms with van der Waals surface area (Å²) in [6.07, 6.45) is 1.74. The van der Waals surface area contributed by atoms with Crippen LogP contribution in [0.5, 0.6) is 23.0 Å². The second kappa shape index (κ2) is 14.1. The van der Waals surface area contributed by atoms with Crippen LogP contribution in [0.25, 0.3) is 0 Å². The Hall–Kier alpha value is -4.49. The lowest BCUT2D eigenvalue weighted by atomic mass is 10.1. The molecule has 1 aliphatic rings. The Bertz CT molecular complexity index is 1560. The van der Waals surface area contributed by atoms with Crippen molar-refractivity contribution in [1.29, 1.82) is 0 Å². The highest BCUT2D eigenvalue weighted by molar-refractivity contribution is 7.92. The van der Waals surface area contributed by atoms with Crippen molar-refractivity contribution < 1.29 is 41.7 Å². The molecule has 2 N–H and O–H groups in total. The van der Waals surface area contributed by atoms with Gasteiger partial charge < -0.3 is 34.3 Å². The van der Waals surface area contributed by atoms with Crippen LogP contribution < -0.4 is 33.9 Å². The smallest absolute Gasteiger partial charge is 0.265 e. The minimum atomic E-state index is -4.39. The topological polar surface area (TPSA) is 142 Å². The van der Waals surface area contributed by atoms with Gasteiger partial charge in [0.1, 0.15) is 18.0 Å². The monoisotopic (exact) mass is 613 g/mol. The molecule has 0 aliphatic carbocycles. The fourth-order valence-corrected chi connectivity index (χ4v) is 6.05. The molecular weight excluding hydrogens is 578 g/mol. The van der Waals surface area contributed by atoms with Crippen LogP contribution in [0.15, 0.2) is 65.6 Å². The zero-order chi connectivity index (χ0) is 31.0. The summed E-state index contributed by atoms with van der Waals surface area (Å²) < 4.78 is 56.1. The molecule has 230 valence electrons. The minimum Gasteiger partial charge on any atom is -0.497 e. The Morgan fingerprint density at radius 2 is 1.63 bits per heavy atom. The summed E-state index contributed by atoms with van der Waals surface area (Å²) in [5.74, 6) is -0.0416. The van der Waals surface area contributed by atoms with Gasteiger partial charge in [0.2, 0.25) is 5.91 Å². The zero-order valence-corrected chi connectivity index (χ0v) is 25.2. The predicted molar refractivity (Wildman–Crippen MR) is 160 cm³/mol. The molecule has 3 aromatic carbocycles. The molecule has 1 atom stereocenters. The van der Waals surface area contributed by atoms with Crippen LogP contribution in [0.2, 0.25) is 0 Å². The SMILES string of the molecule is COc1ccc(OC)c(N(CC(=O)Nc2ccccc2C(=O)NC[C@H]2CCCO2)S(=O)(=O)c2ccc(OC)c(OC)c2)c1. The van der Waals surface area contributed by atoms with E-state index in [-0.39, 0.29) is 39.4 Å². The first-order valence-electron chi connectivity index (χ1n) is 13.5. The van der Waals surface area contributed by atoms with E-state index in [1.54, 1.807) is 30.3 Å². The van der Waals surface area contributed by atoms with E-state index in [1.165, 1.54) is 58.8 Å². The molecule has 1 aliphatic heterocycles. The minimum absolute atomic E-state index is 0.0566. The molecule has 43 heavy (non-hydrogen) atoms. The van der Waals surface area contributed by atoms with Crippen molar-refractivity contribution in [2.24, 2.45) is 0 Å². The Morgan fingerprint density at radius 1 is 0.907 bits per heavy atom. The van der Waals surface area contributed by atoms with Crippen LogP contribution in [0.1, 0.15) is 23.2 Å². The van der Waals surface area contributed by atoms with E-state index in [9.17, 15) is 18.0 Å². The second-order valence-electron chi connectivity index (χ2n) is 9.51. The van der Waals surface area contributed by atoms with Crippen molar-refractivity contribution in [3.8, 4) is 23.0 Å². The molecule has 1 heterocycles. The number of carbonyl (C=O) groups excluding carboxylic acids is 2. The molecule has 0 saturated carbocycles. The lowest BCUT2D eigenvalue weighted by Gasteiger charge is -2.26. The summed E-state index contributed by atoms with van der Waals surface area (Å²) >= 11 is 0. The molecule has 0 spiro atoms. The summed E-state index contributed by atoms with van der Waals surface area (Å²) in [5.41, 5.74) is 0.509. The molecule has 1 fully saturated rings. The van der Waals surface area contributed by atoms with E-state index >= 15 is 0 Å².